The molecule has 0 fully saturated rings. The zero-order valence-electron chi connectivity index (χ0n) is 12.5. The first-order chi connectivity index (χ1) is 11.1. The number of ketones is 1. The fourth-order valence-corrected chi connectivity index (χ4v) is 3.55. The first kappa shape index (κ1) is 14.0. The number of hydrogen-bond acceptors (Lipinski definition) is 4. The highest BCUT2D eigenvalue weighted by molar-refractivity contribution is 6.12. The van der Waals surface area contributed by atoms with Gasteiger partial charge < -0.3 is 15.2 Å². The molecule has 0 aromatic heterocycles. The van der Waals surface area contributed by atoms with Gasteiger partial charge in [0.05, 0.1) is 13.0 Å². The Morgan fingerprint density at radius 1 is 1.22 bits per heavy atom. The quantitative estimate of drug-likeness (QED) is 0.888. The normalized spacial score (nSPS) is 25.0. The van der Waals surface area contributed by atoms with E-state index in [0.29, 0.717) is 29.0 Å². The van der Waals surface area contributed by atoms with Crippen LogP contribution in [0.2, 0.25) is 0 Å². The van der Waals surface area contributed by atoms with Crippen molar-refractivity contribution >= 4 is 17.4 Å². The lowest BCUT2D eigenvalue weighted by atomic mass is 9.80. The Balaban J connectivity index is 1.80. The van der Waals surface area contributed by atoms with Gasteiger partial charge in [-0.2, -0.15) is 0 Å². The van der Waals surface area contributed by atoms with E-state index in [1.807, 2.05) is 0 Å². The van der Waals surface area contributed by atoms with Crippen molar-refractivity contribution in [3.8, 4) is 5.75 Å². The van der Waals surface area contributed by atoms with Crippen LogP contribution in [0.5, 0.6) is 5.75 Å². The summed E-state index contributed by atoms with van der Waals surface area (Å²) >= 11 is 0. The SMILES string of the molecule is COc1ccc2c(c1)C[C@H]([C@]1(O)C(=O)Nc3ccccc31)C2=O. The average Bonchev–Trinajstić information content (AvgIpc) is 3.03. The lowest BCUT2D eigenvalue weighted by Crippen LogP contribution is -2.44. The molecule has 1 aliphatic carbocycles. The number of aliphatic hydroxyl groups is 1. The molecule has 2 aromatic carbocycles. The number of benzene rings is 2. The van der Waals surface area contributed by atoms with Gasteiger partial charge in [-0.15, -0.1) is 0 Å². The second-order valence-electron chi connectivity index (χ2n) is 5.91. The summed E-state index contributed by atoms with van der Waals surface area (Å²) in [7, 11) is 1.56. The summed E-state index contributed by atoms with van der Waals surface area (Å²) in [5.41, 5.74) is 0.524. The van der Waals surface area contributed by atoms with Crippen molar-refractivity contribution in [1.29, 1.82) is 0 Å². The Morgan fingerprint density at radius 2 is 2.00 bits per heavy atom. The minimum atomic E-state index is -1.83. The summed E-state index contributed by atoms with van der Waals surface area (Å²) in [6.07, 6.45) is 0.309. The topological polar surface area (TPSA) is 75.6 Å². The van der Waals surface area contributed by atoms with Crippen LogP contribution >= 0.6 is 0 Å². The smallest absolute Gasteiger partial charge is 0.261 e. The van der Waals surface area contributed by atoms with E-state index in [-0.39, 0.29) is 5.78 Å². The van der Waals surface area contributed by atoms with E-state index < -0.39 is 17.4 Å². The molecule has 0 spiro atoms. The predicted molar refractivity (Wildman–Crippen MR) is 83.5 cm³/mol. The number of ether oxygens (including phenoxy) is 1. The van der Waals surface area contributed by atoms with Crippen molar-refractivity contribution in [2.24, 2.45) is 5.92 Å². The van der Waals surface area contributed by atoms with E-state index >= 15 is 0 Å². The first-order valence-corrected chi connectivity index (χ1v) is 7.40. The summed E-state index contributed by atoms with van der Waals surface area (Å²) in [6, 6.07) is 12.1. The van der Waals surface area contributed by atoms with Gasteiger partial charge in [0.2, 0.25) is 0 Å². The number of Topliss-reactive ketones (excluding diaryl/α,β-unsaturated/α-hetero) is 1. The number of carbonyl (C=O) groups is 2. The van der Waals surface area contributed by atoms with Crippen LogP contribution in [-0.4, -0.2) is 23.9 Å². The molecule has 5 nitrogen and oxygen atoms in total. The van der Waals surface area contributed by atoms with Crippen LogP contribution in [-0.2, 0) is 16.8 Å². The van der Waals surface area contributed by atoms with E-state index in [4.69, 9.17) is 4.74 Å². The molecule has 1 amide bonds. The summed E-state index contributed by atoms with van der Waals surface area (Å²) in [6.45, 7) is 0. The maximum atomic E-state index is 12.8. The highest BCUT2D eigenvalue weighted by Gasteiger charge is 2.55. The number of amides is 1. The molecule has 1 aliphatic heterocycles. The van der Waals surface area contributed by atoms with Crippen LogP contribution in [0.1, 0.15) is 21.5 Å². The van der Waals surface area contributed by atoms with Gasteiger partial charge in [-0.25, -0.2) is 0 Å². The van der Waals surface area contributed by atoms with E-state index in [9.17, 15) is 14.7 Å². The Bertz CT molecular complexity index is 845. The molecule has 1 heterocycles. The van der Waals surface area contributed by atoms with Gasteiger partial charge in [0.15, 0.2) is 11.4 Å². The minimum absolute atomic E-state index is 0.211. The maximum Gasteiger partial charge on any atom is 0.261 e. The number of carbonyl (C=O) groups excluding carboxylic acids is 2. The lowest BCUT2D eigenvalue weighted by Gasteiger charge is -2.26. The number of nitrogens with one attached hydrogen (secondary N) is 1. The van der Waals surface area contributed by atoms with Crippen molar-refractivity contribution in [1.82, 2.24) is 0 Å². The van der Waals surface area contributed by atoms with Gasteiger partial charge in [0.25, 0.3) is 5.91 Å². The monoisotopic (exact) mass is 309 g/mol. The Morgan fingerprint density at radius 3 is 2.78 bits per heavy atom. The zero-order valence-corrected chi connectivity index (χ0v) is 12.5. The molecule has 0 saturated carbocycles. The standard InChI is InChI=1S/C18H15NO4/c1-23-11-6-7-12-10(8-11)9-14(16(12)20)18(22)13-4-2-3-5-15(13)19-17(18)21/h2-8,14,22H,9H2,1H3,(H,19,21)/t14-,18-/m0/s1. The third-order valence-electron chi connectivity index (χ3n) is 4.75. The first-order valence-electron chi connectivity index (χ1n) is 7.40. The molecule has 0 saturated heterocycles. The highest BCUT2D eigenvalue weighted by atomic mass is 16.5. The van der Waals surface area contributed by atoms with Crippen molar-refractivity contribution < 1.29 is 19.4 Å². The van der Waals surface area contributed by atoms with Crippen LogP contribution in [0.25, 0.3) is 0 Å². The Labute approximate surface area is 132 Å². The second kappa shape index (κ2) is 4.67. The molecule has 2 aliphatic rings. The van der Waals surface area contributed by atoms with Gasteiger partial charge in [0.1, 0.15) is 5.75 Å². The minimum Gasteiger partial charge on any atom is -0.497 e. The van der Waals surface area contributed by atoms with Crippen molar-refractivity contribution in [3.63, 3.8) is 0 Å². The third-order valence-corrected chi connectivity index (χ3v) is 4.75. The number of fused-ring (bicyclic) bond motifs is 2. The molecule has 0 bridgehead atoms. The summed E-state index contributed by atoms with van der Waals surface area (Å²) in [5, 5.41) is 13.8. The molecule has 0 radical (unpaired) electrons. The van der Waals surface area contributed by atoms with E-state index in [1.54, 1.807) is 49.6 Å². The van der Waals surface area contributed by atoms with Crippen LogP contribution in [0.3, 0.4) is 0 Å². The molecule has 2 atom stereocenters. The third kappa shape index (κ3) is 1.77. The van der Waals surface area contributed by atoms with E-state index in [0.717, 1.165) is 5.56 Å². The zero-order chi connectivity index (χ0) is 16.2. The van der Waals surface area contributed by atoms with Crippen molar-refractivity contribution in [3.05, 3.63) is 59.2 Å². The fraction of sp³-hybridized carbons (Fsp3) is 0.222. The largest absolute Gasteiger partial charge is 0.497 e. The van der Waals surface area contributed by atoms with Gasteiger partial charge in [-0.05, 0) is 36.2 Å². The maximum absolute atomic E-state index is 12.8. The van der Waals surface area contributed by atoms with Crippen molar-refractivity contribution in [2.75, 3.05) is 12.4 Å². The van der Waals surface area contributed by atoms with E-state index in [1.165, 1.54) is 0 Å². The number of rotatable bonds is 2. The van der Waals surface area contributed by atoms with Gasteiger partial charge in [0, 0.05) is 16.8 Å². The van der Waals surface area contributed by atoms with Crippen LogP contribution in [0.4, 0.5) is 5.69 Å². The van der Waals surface area contributed by atoms with Gasteiger partial charge >= 0.3 is 0 Å². The number of hydrogen-bond donors (Lipinski definition) is 2. The molecule has 116 valence electrons. The summed E-state index contributed by atoms with van der Waals surface area (Å²) in [5.74, 6) is -0.928. The molecule has 4 rings (SSSR count). The Hall–Kier alpha value is -2.66. The Kier molecular flexibility index (Phi) is 2.83. The summed E-state index contributed by atoms with van der Waals surface area (Å²) in [4.78, 5) is 25.2. The molecular formula is C18H15NO4. The average molecular weight is 309 g/mol. The number of para-hydroxylation sites is 1. The number of methoxy groups -OCH3 is 1. The molecule has 2 N–H and O–H groups in total. The fourth-order valence-electron chi connectivity index (χ4n) is 3.55. The molecular weight excluding hydrogens is 294 g/mol. The lowest BCUT2D eigenvalue weighted by molar-refractivity contribution is -0.137. The second-order valence-corrected chi connectivity index (χ2v) is 5.91. The predicted octanol–water partition coefficient (Wildman–Crippen LogP) is 1.89. The van der Waals surface area contributed by atoms with Crippen molar-refractivity contribution in [2.45, 2.75) is 12.0 Å². The van der Waals surface area contributed by atoms with Gasteiger partial charge in [-0.1, -0.05) is 18.2 Å². The van der Waals surface area contributed by atoms with Crippen LogP contribution < -0.4 is 10.1 Å². The molecule has 5 heteroatoms. The summed E-state index contributed by atoms with van der Waals surface area (Å²) < 4.78 is 5.18. The van der Waals surface area contributed by atoms with E-state index in [2.05, 4.69) is 5.32 Å². The van der Waals surface area contributed by atoms with Crippen LogP contribution in [0, 0.1) is 5.92 Å². The molecule has 0 unspecified atom stereocenters. The van der Waals surface area contributed by atoms with Gasteiger partial charge in [-0.3, -0.25) is 9.59 Å². The number of anilines is 1. The highest BCUT2D eigenvalue weighted by Crippen LogP contribution is 2.46. The van der Waals surface area contributed by atoms with Crippen LogP contribution in [0.15, 0.2) is 42.5 Å². The molecule has 2 aromatic rings. The molecule has 23 heavy (non-hydrogen) atoms.